The van der Waals surface area contributed by atoms with Crippen molar-refractivity contribution >= 4 is 11.9 Å². The van der Waals surface area contributed by atoms with E-state index in [0.717, 1.165) is 51.4 Å². The average molecular weight is 418 g/mol. The van der Waals surface area contributed by atoms with Gasteiger partial charge in [-0.25, -0.2) is 9.97 Å². The molecule has 4 heterocycles. The van der Waals surface area contributed by atoms with Crippen molar-refractivity contribution in [2.75, 3.05) is 49.7 Å². The standard InChI is InChI=1S/C20H31N7O3/c1-20(2,28-3)17-24-19(25-30-17)26-7-4-14(5-8-26)13-29-16-10-22-18(23-11-16)27-9-6-15(21)12-27/h10-11,14-15H,4-9,12-13,21H2,1-3H3. The van der Waals surface area contributed by atoms with Crippen LogP contribution < -0.4 is 20.3 Å². The highest BCUT2D eigenvalue weighted by molar-refractivity contribution is 5.33. The van der Waals surface area contributed by atoms with Crippen molar-refractivity contribution in [1.29, 1.82) is 0 Å². The van der Waals surface area contributed by atoms with Crippen LogP contribution in [0.4, 0.5) is 11.9 Å². The van der Waals surface area contributed by atoms with Crippen LogP contribution in [-0.2, 0) is 10.3 Å². The molecule has 0 amide bonds. The summed E-state index contributed by atoms with van der Waals surface area (Å²) >= 11 is 0. The van der Waals surface area contributed by atoms with Gasteiger partial charge in [-0.05, 0) is 44.2 Å². The van der Waals surface area contributed by atoms with Gasteiger partial charge in [-0.15, -0.1) is 0 Å². The molecule has 2 aliphatic heterocycles. The van der Waals surface area contributed by atoms with E-state index in [1.165, 1.54) is 0 Å². The molecule has 10 nitrogen and oxygen atoms in total. The van der Waals surface area contributed by atoms with Crippen LogP contribution in [0.3, 0.4) is 0 Å². The smallest absolute Gasteiger partial charge is 0.266 e. The number of nitrogens with two attached hydrogens (primary N) is 1. The van der Waals surface area contributed by atoms with E-state index in [1.807, 2.05) is 13.8 Å². The van der Waals surface area contributed by atoms with Gasteiger partial charge in [0.15, 0.2) is 5.75 Å². The molecule has 2 saturated heterocycles. The number of rotatable bonds is 7. The highest BCUT2D eigenvalue weighted by Gasteiger charge is 2.30. The highest BCUT2D eigenvalue weighted by Crippen LogP contribution is 2.27. The molecule has 164 valence electrons. The molecule has 0 spiro atoms. The Morgan fingerprint density at radius 1 is 1.10 bits per heavy atom. The molecule has 2 aromatic heterocycles. The van der Waals surface area contributed by atoms with Gasteiger partial charge in [-0.3, -0.25) is 0 Å². The van der Waals surface area contributed by atoms with E-state index >= 15 is 0 Å². The number of piperidine rings is 1. The molecule has 0 aliphatic carbocycles. The minimum absolute atomic E-state index is 0.209. The summed E-state index contributed by atoms with van der Waals surface area (Å²) < 4.78 is 16.7. The van der Waals surface area contributed by atoms with Crippen LogP contribution in [-0.4, -0.2) is 66.0 Å². The van der Waals surface area contributed by atoms with E-state index in [4.69, 9.17) is 19.7 Å². The molecular weight excluding hydrogens is 386 g/mol. The van der Waals surface area contributed by atoms with Gasteiger partial charge in [0.25, 0.3) is 11.8 Å². The summed E-state index contributed by atoms with van der Waals surface area (Å²) in [6.45, 7) is 7.91. The predicted molar refractivity (Wildman–Crippen MR) is 112 cm³/mol. The maximum atomic E-state index is 5.95. The molecule has 30 heavy (non-hydrogen) atoms. The van der Waals surface area contributed by atoms with Crippen molar-refractivity contribution in [2.45, 2.75) is 44.8 Å². The fourth-order valence-corrected chi connectivity index (χ4v) is 3.71. The lowest BCUT2D eigenvalue weighted by Gasteiger charge is -2.30. The fourth-order valence-electron chi connectivity index (χ4n) is 3.71. The SMILES string of the molecule is COC(C)(C)c1nc(N2CCC(COc3cnc(N4CCC(N)C4)nc3)CC2)no1. The third-order valence-corrected chi connectivity index (χ3v) is 5.95. The Kier molecular flexibility index (Phi) is 6.05. The van der Waals surface area contributed by atoms with Gasteiger partial charge >= 0.3 is 0 Å². The molecule has 0 aromatic carbocycles. The molecule has 2 N–H and O–H groups in total. The Labute approximate surface area is 176 Å². The summed E-state index contributed by atoms with van der Waals surface area (Å²) in [6, 6.07) is 0.209. The largest absolute Gasteiger partial charge is 0.490 e. The molecule has 10 heteroatoms. The quantitative estimate of drug-likeness (QED) is 0.711. The monoisotopic (exact) mass is 417 g/mol. The third-order valence-electron chi connectivity index (χ3n) is 5.95. The zero-order chi connectivity index (χ0) is 21.1. The van der Waals surface area contributed by atoms with Crippen LogP contribution in [0.25, 0.3) is 0 Å². The lowest BCUT2D eigenvalue weighted by molar-refractivity contribution is -0.00786. The second-order valence-electron chi connectivity index (χ2n) is 8.57. The van der Waals surface area contributed by atoms with Crippen LogP contribution in [0.1, 0.15) is 39.0 Å². The summed E-state index contributed by atoms with van der Waals surface area (Å²) in [5, 5.41) is 4.12. The molecular formula is C20H31N7O3. The molecule has 2 fully saturated rings. The molecule has 2 aliphatic rings. The van der Waals surface area contributed by atoms with Gasteiger partial charge in [0.1, 0.15) is 5.60 Å². The third kappa shape index (κ3) is 4.65. The van der Waals surface area contributed by atoms with Gasteiger partial charge in [-0.2, -0.15) is 4.98 Å². The van der Waals surface area contributed by atoms with Gasteiger partial charge in [0.05, 0.1) is 19.0 Å². The van der Waals surface area contributed by atoms with Crippen molar-refractivity contribution in [1.82, 2.24) is 20.1 Å². The van der Waals surface area contributed by atoms with Crippen LogP contribution in [0, 0.1) is 5.92 Å². The number of hydrogen-bond donors (Lipinski definition) is 1. The Balaban J connectivity index is 1.23. The average Bonchev–Trinajstić information content (AvgIpc) is 3.43. The maximum absolute atomic E-state index is 5.95. The molecule has 1 atom stereocenters. The molecule has 4 rings (SSSR count). The summed E-state index contributed by atoms with van der Waals surface area (Å²) in [5.41, 5.74) is 5.36. The van der Waals surface area contributed by atoms with Crippen LogP contribution in [0.2, 0.25) is 0 Å². The minimum atomic E-state index is -0.587. The number of ether oxygens (including phenoxy) is 2. The molecule has 0 bridgehead atoms. The van der Waals surface area contributed by atoms with E-state index in [0.29, 0.717) is 30.1 Å². The van der Waals surface area contributed by atoms with Crippen LogP contribution in [0.15, 0.2) is 16.9 Å². The van der Waals surface area contributed by atoms with Gasteiger partial charge < -0.3 is 29.5 Å². The molecule has 2 aromatic rings. The lowest BCUT2D eigenvalue weighted by atomic mass is 9.98. The van der Waals surface area contributed by atoms with E-state index in [2.05, 4.69) is 29.9 Å². The van der Waals surface area contributed by atoms with Gasteiger partial charge in [0, 0.05) is 39.3 Å². The normalized spacial score (nSPS) is 20.7. The second-order valence-corrected chi connectivity index (χ2v) is 8.57. The fraction of sp³-hybridized carbons (Fsp3) is 0.700. The van der Waals surface area contributed by atoms with Crippen molar-refractivity contribution in [2.24, 2.45) is 11.7 Å². The van der Waals surface area contributed by atoms with Crippen molar-refractivity contribution in [3.05, 3.63) is 18.3 Å². The Hall–Kier alpha value is -2.46. The number of nitrogens with zero attached hydrogens (tertiary/aromatic N) is 6. The first-order valence-corrected chi connectivity index (χ1v) is 10.5. The number of hydrogen-bond acceptors (Lipinski definition) is 10. The lowest BCUT2D eigenvalue weighted by Crippen LogP contribution is -2.36. The Morgan fingerprint density at radius 3 is 2.43 bits per heavy atom. The summed E-state index contributed by atoms with van der Waals surface area (Å²) in [6.07, 6.45) is 6.49. The topological polar surface area (TPSA) is 116 Å². The van der Waals surface area contributed by atoms with Gasteiger partial charge in [0.2, 0.25) is 5.95 Å². The molecule has 0 saturated carbocycles. The van der Waals surface area contributed by atoms with Gasteiger partial charge in [-0.1, -0.05) is 0 Å². The summed E-state index contributed by atoms with van der Waals surface area (Å²) in [4.78, 5) is 17.6. The first-order chi connectivity index (χ1) is 14.4. The van der Waals surface area contributed by atoms with E-state index < -0.39 is 5.60 Å². The van der Waals surface area contributed by atoms with Crippen molar-refractivity contribution < 1.29 is 14.0 Å². The predicted octanol–water partition coefficient (Wildman–Crippen LogP) is 1.57. The second kappa shape index (κ2) is 8.73. The summed E-state index contributed by atoms with van der Waals surface area (Å²) in [7, 11) is 1.63. The van der Waals surface area contributed by atoms with Crippen molar-refractivity contribution in [3.8, 4) is 5.75 Å². The first kappa shape index (κ1) is 20.8. The van der Waals surface area contributed by atoms with E-state index in [-0.39, 0.29) is 6.04 Å². The maximum Gasteiger partial charge on any atom is 0.266 e. The zero-order valence-electron chi connectivity index (χ0n) is 18.0. The van der Waals surface area contributed by atoms with E-state index in [9.17, 15) is 0 Å². The number of anilines is 2. The minimum Gasteiger partial charge on any atom is -0.490 e. The summed E-state index contributed by atoms with van der Waals surface area (Å²) in [5.74, 6) is 3.01. The van der Waals surface area contributed by atoms with Crippen LogP contribution in [0.5, 0.6) is 5.75 Å². The number of methoxy groups -OCH3 is 1. The first-order valence-electron chi connectivity index (χ1n) is 10.5. The Bertz CT molecular complexity index is 818. The van der Waals surface area contributed by atoms with E-state index in [1.54, 1.807) is 19.5 Å². The molecule has 1 unspecified atom stereocenters. The zero-order valence-corrected chi connectivity index (χ0v) is 18.0. The number of aromatic nitrogens is 4. The highest BCUT2D eigenvalue weighted by atomic mass is 16.5. The Morgan fingerprint density at radius 2 is 1.80 bits per heavy atom. The van der Waals surface area contributed by atoms with Crippen molar-refractivity contribution in [3.63, 3.8) is 0 Å². The molecule has 0 radical (unpaired) electrons. The van der Waals surface area contributed by atoms with Crippen LogP contribution >= 0.6 is 0 Å².